The molecule has 8 nitrogen and oxygen atoms in total. The Labute approximate surface area is 153 Å². The maximum atomic E-state index is 11.6. The van der Waals surface area contributed by atoms with Crippen molar-refractivity contribution < 1.29 is 27.9 Å². The first-order chi connectivity index (χ1) is 12.6. The van der Waals surface area contributed by atoms with Crippen LogP contribution >= 0.6 is 0 Å². The van der Waals surface area contributed by atoms with Crippen LogP contribution in [-0.2, 0) is 11.3 Å². The van der Waals surface area contributed by atoms with Crippen molar-refractivity contribution >= 4 is 22.9 Å². The number of carbonyl (C=O) groups excluding carboxylic acids is 1. The number of fused-ring (bicyclic) bond motifs is 1. The number of likely N-dealkylation sites (N-methyl/N-ethyl adjacent to an activating group) is 1. The normalized spacial score (nSPS) is 12.0. The molecule has 0 aliphatic heterocycles. The summed E-state index contributed by atoms with van der Waals surface area (Å²) in [6.45, 7) is 3.82. The molecule has 1 atom stereocenters. The molecule has 150 valence electrons. The zero-order valence-electron chi connectivity index (χ0n) is 14.9. The smallest absolute Gasteiger partial charge is 0.475 e. The Kier molecular flexibility index (Phi) is 8.52. The molecule has 0 fully saturated rings. The van der Waals surface area contributed by atoms with Crippen molar-refractivity contribution in [1.82, 2.24) is 25.7 Å². The number of aromatic nitrogens is 2. The number of carboxylic acids is 1. The summed E-state index contributed by atoms with van der Waals surface area (Å²) in [5.74, 6) is -2.76. The third-order valence-electron chi connectivity index (χ3n) is 3.46. The molecule has 11 heteroatoms. The maximum Gasteiger partial charge on any atom is 0.490 e. The molecule has 0 bridgehead atoms. The highest BCUT2D eigenvalue weighted by molar-refractivity contribution is 5.78. The van der Waals surface area contributed by atoms with Crippen LogP contribution in [0, 0.1) is 0 Å². The molecule has 0 radical (unpaired) electrons. The van der Waals surface area contributed by atoms with Crippen LogP contribution in [0.4, 0.5) is 18.0 Å². The Bertz CT molecular complexity index is 748. The zero-order valence-corrected chi connectivity index (χ0v) is 14.9. The van der Waals surface area contributed by atoms with E-state index in [4.69, 9.17) is 9.90 Å². The molecule has 27 heavy (non-hydrogen) atoms. The summed E-state index contributed by atoms with van der Waals surface area (Å²) >= 11 is 0. The number of alkyl halides is 3. The molecule has 0 spiro atoms. The molecule has 1 heterocycles. The number of carboxylic acid groups (broad SMARTS) is 1. The third-order valence-corrected chi connectivity index (χ3v) is 3.46. The molecule has 1 aromatic carbocycles. The number of nitrogens with zero attached hydrogens (tertiary/aromatic N) is 2. The van der Waals surface area contributed by atoms with Gasteiger partial charge in [-0.2, -0.15) is 18.3 Å². The minimum atomic E-state index is -5.08. The van der Waals surface area contributed by atoms with Crippen molar-refractivity contribution in [3.05, 3.63) is 30.5 Å². The van der Waals surface area contributed by atoms with Gasteiger partial charge in [-0.15, -0.1) is 0 Å². The zero-order chi connectivity index (χ0) is 20.4. The quantitative estimate of drug-likeness (QED) is 0.600. The molecule has 0 aliphatic carbocycles. The fourth-order valence-corrected chi connectivity index (χ4v) is 1.89. The topological polar surface area (TPSA) is 108 Å². The summed E-state index contributed by atoms with van der Waals surface area (Å²) < 4.78 is 33.6. The number of carbonyl (C=O) groups is 2. The van der Waals surface area contributed by atoms with Gasteiger partial charge >= 0.3 is 18.2 Å². The van der Waals surface area contributed by atoms with E-state index in [0.29, 0.717) is 19.6 Å². The van der Waals surface area contributed by atoms with E-state index >= 15 is 0 Å². The fraction of sp³-hybridized carbons (Fsp3) is 0.438. The number of urea groups is 1. The second kappa shape index (κ2) is 10.4. The Balaban J connectivity index is 0.000000445. The highest BCUT2D eigenvalue weighted by atomic mass is 19.4. The summed E-state index contributed by atoms with van der Waals surface area (Å²) in [5.41, 5.74) is 1.08. The highest BCUT2D eigenvalue weighted by Crippen LogP contribution is 2.13. The van der Waals surface area contributed by atoms with Gasteiger partial charge in [0, 0.05) is 24.5 Å². The van der Waals surface area contributed by atoms with Crippen LogP contribution in [0.1, 0.15) is 6.92 Å². The molecule has 0 saturated heterocycles. The molecule has 2 rings (SSSR count). The molecule has 0 saturated carbocycles. The van der Waals surface area contributed by atoms with Crippen molar-refractivity contribution in [1.29, 1.82) is 0 Å². The molecule has 4 N–H and O–H groups in total. The van der Waals surface area contributed by atoms with Gasteiger partial charge in [0.05, 0.1) is 18.3 Å². The van der Waals surface area contributed by atoms with Gasteiger partial charge in [0.25, 0.3) is 0 Å². The first-order valence-electron chi connectivity index (χ1n) is 8.04. The first-order valence-corrected chi connectivity index (χ1v) is 8.04. The first kappa shape index (κ1) is 22.2. The molecular weight excluding hydrogens is 367 g/mol. The monoisotopic (exact) mass is 389 g/mol. The van der Waals surface area contributed by atoms with E-state index in [9.17, 15) is 18.0 Å². The second-order valence-corrected chi connectivity index (χ2v) is 5.56. The minimum Gasteiger partial charge on any atom is -0.475 e. The van der Waals surface area contributed by atoms with E-state index in [-0.39, 0.29) is 12.1 Å². The minimum absolute atomic E-state index is 0.149. The van der Waals surface area contributed by atoms with Gasteiger partial charge in [0.15, 0.2) is 0 Å². The molecule has 1 aromatic heterocycles. The van der Waals surface area contributed by atoms with E-state index in [1.54, 1.807) is 0 Å². The SMILES string of the molecule is CNC(C)CNC(=O)NCCn1ncc2ccccc21.O=C(O)C(F)(F)F. The Morgan fingerprint density at radius 3 is 2.48 bits per heavy atom. The standard InChI is InChI=1S/C14H21N5O.C2HF3O2/c1-11(15-2)9-17-14(20)16-7-8-19-13-6-4-3-5-12(13)10-18-19;3-2(4,5)1(6)7/h3-6,10-11,15H,7-9H2,1-2H3,(H2,16,17,20);(H,6,7). The summed E-state index contributed by atoms with van der Waals surface area (Å²) in [6.07, 6.45) is -3.25. The lowest BCUT2D eigenvalue weighted by Crippen LogP contribution is -2.43. The van der Waals surface area contributed by atoms with E-state index in [1.165, 1.54) is 0 Å². The average Bonchev–Trinajstić information content (AvgIpc) is 3.02. The van der Waals surface area contributed by atoms with E-state index in [2.05, 4.69) is 21.0 Å². The Morgan fingerprint density at radius 1 is 1.26 bits per heavy atom. The average molecular weight is 389 g/mol. The molecule has 2 amide bonds. The lowest BCUT2D eigenvalue weighted by Gasteiger charge is -2.12. The third kappa shape index (κ3) is 7.94. The Hall–Kier alpha value is -2.82. The number of nitrogens with one attached hydrogen (secondary N) is 3. The van der Waals surface area contributed by atoms with Crippen LogP contribution in [-0.4, -0.2) is 59.2 Å². The molecule has 2 aromatic rings. The Morgan fingerprint density at radius 2 is 1.89 bits per heavy atom. The van der Waals surface area contributed by atoms with Crippen molar-refractivity contribution in [3.8, 4) is 0 Å². The van der Waals surface area contributed by atoms with Crippen LogP contribution in [0.2, 0.25) is 0 Å². The summed E-state index contributed by atoms with van der Waals surface area (Å²) in [6, 6.07) is 8.14. The number of hydrogen-bond donors (Lipinski definition) is 4. The number of benzene rings is 1. The van der Waals surface area contributed by atoms with Gasteiger partial charge in [-0.1, -0.05) is 18.2 Å². The van der Waals surface area contributed by atoms with Crippen LogP contribution in [0.15, 0.2) is 30.5 Å². The van der Waals surface area contributed by atoms with E-state index in [0.717, 1.165) is 10.9 Å². The second-order valence-electron chi connectivity index (χ2n) is 5.56. The van der Waals surface area contributed by atoms with Gasteiger partial charge in [-0.25, -0.2) is 9.59 Å². The van der Waals surface area contributed by atoms with Crippen molar-refractivity contribution in [2.24, 2.45) is 0 Å². The van der Waals surface area contributed by atoms with Crippen molar-refractivity contribution in [2.75, 3.05) is 20.1 Å². The van der Waals surface area contributed by atoms with Gasteiger partial charge < -0.3 is 21.1 Å². The van der Waals surface area contributed by atoms with Crippen LogP contribution in [0.25, 0.3) is 10.9 Å². The summed E-state index contributed by atoms with van der Waals surface area (Å²) in [7, 11) is 1.87. The number of amides is 2. The van der Waals surface area contributed by atoms with E-state index < -0.39 is 12.1 Å². The van der Waals surface area contributed by atoms with Crippen molar-refractivity contribution in [3.63, 3.8) is 0 Å². The van der Waals surface area contributed by atoms with Crippen molar-refractivity contribution in [2.45, 2.75) is 25.7 Å². The summed E-state index contributed by atoms with van der Waals surface area (Å²) in [4.78, 5) is 20.5. The largest absolute Gasteiger partial charge is 0.490 e. The number of aliphatic carboxylic acids is 1. The van der Waals surface area contributed by atoms with Crippen LogP contribution < -0.4 is 16.0 Å². The molecule has 1 unspecified atom stereocenters. The fourth-order valence-electron chi connectivity index (χ4n) is 1.89. The van der Waals surface area contributed by atoms with Gasteiger partial charge in [-0.05, 0) is 20.0 Å². The predicted octanol–water partition coefficient (Wildman–Crippen LogP) is 1.58. The predicted molar refractivity (Wildman–Crippen MR) is 93.3 cm³/mol. The lowest BCUT2D eigenvalue weighted by atomic mass is 10.3. The highest BCUT2D eigenvalue weighted by Gasteiger charge is 2.38. The molecular formula is C16H22F3N5O3. The number of hydrogen-bond acceptors (Lipinski definition) is 4. The van der Waals surface area contributed by atoms with E-state index in [1.807, 2.05) is 49.1 Å². The van der Waals surface area contributed by atoms with Gasteiger partial charge in [0.1, 0.15) is 0 Å². The number of halogens is 3. The van der Waals surface area contributed by atoms with Crippen LogP contribution in [0.3, 0.4) is 0 Å². The number of para-hydroxylation sites is 1. The van der Waals surface area contributed by atoms with Gasteiger partial charge in [-0.3, -0.25) is 4.68 Å². The number of rotatable bonds is 6. The van der Waals surface area contributed by atoms with Gasteiger partial charge in [0.2, 0.25) is 0 Å². The maximum absolute atomic E-state index is 11.6. The van der Waals surface area contributed by atoms with Crippen LogP contribution in [0.5, 0.6) is 0 Å². The lowest BCUT2D eigenvalue weighted by molar-refractivity contribution is -0.192. The molecule has 0 aliphatic rings. The summed E-state index contributed by atoms with van der Waals surface area (Å²) in [5, 5.41) is 21.2.